The number of nitrogens with one attached hydrogen (secondary N) is 1. The number of sulfone groups is 1. The monoisotopic (exact) mass is 487 g/mol. The molecule has 2 aromatic rings. The lowest BCUT2D eigenvalue weighted by atomic mass is 9.89. The van der Waals surface area contributed by atoms with Crippen LogP contribution in [0.1, 0.15) is 55.0 Å². The van der Waals surface area contributed by atoms with E-state index in [0.717, 1.165) is 18.4 Å². The first kappa shape index (κ1) is 25.0. The van der Waals surface area contributed by atoms with Gasteiger partial charge in [0.1, 0.15) is 17.2 Å². The van der Waals surface area contributed by atoms with E-state index in [-0.39, 0.29) is 30.1 Å². The average molecular weight is 488 g/mol. The number of fused-ring (bicyclic) bond motifs is 1. The van der Waals surface area contributed by atoms with E-state index < -0.39 is 44.8 Å². The molecule has 0 saturated carbocycles. The second-order valence-corrected chi connectivity index (χ2v) is 11.1. The molecule has 0 saturated heterocycles. The SMILES string of the molecule is CC1(C)C[C@@H](NC(=O)CCc2ccc(CS(C)(=O)=O)c(F)c2)c2ccc(C(F)(F)F)cc2O1. The van der Waals surface area contributed by atoms with Crippen molar-refractivity contribution in [2.24, 2.45) is 0 Å². The maximum atomic E-state index is 14.2. The van der Waals surface area contributed by atoms with Gasteiger partial charge in [0.15, 0.2) is 9.84 Å². The van der Waals surface area contributed by atoms with Gasteiger partial charge in [-0.05, 0) is 44.0 Å². The zero-order valence-electron chi connectivity index (χ0n) is 18.4. The zero-order chi connectivity index (χ0) is 24.6. The summed E-state index contributed by atoms with van der Waals surface area (Å²) in [5.41, 5.74) is -0.557. The smallest absolute Gasteiger partial charge is 0.416 e. The Balaban J connectivity index is 1.69. The highest BCUT2D eigenvalue weighted by Crippen LogP contribution is 2.42. The summed E-state index contributed by atoms with van der Waals surface area (Å²) in [5.74, 6) is -1.33. The second kappa shape index (κ2) is 8.96. The molecule has 2 aromatic carbocycles. The first-order valence-corrected chi connectivity index (χ1v) is 12.3. The predicted molar refractivity (Wildman–Crippen MR) is 115 cm³/mol. The van der Waals surface area contributed by atoms with Crippen LogP contribution >= 0.6 is 0 Å². The Bertz CT molecular complexity index is 1160. The molecule has 0 bridgehead atoms. The molecule has 33 heavy (non-hydrogen) atoms. The Kier molecular flexibility index (Phi) is 6.79. The van der Waals surface area contributed by atoms with Crippen LogP contribution in [-0.2, 0) is 33.0 Å². The van der Waals surface area contributed by atoms with Crippen LogP contribution < -0.4 is 10.1 Å². The molecule has 1 aliphatic rings. The van der Waals surface area contributed by atoms with Gasteiger partial charge in [0.25, 0.3) is 0 Å². The van der Waals surface area contributed by atoms with Gasteiger partial charge in [-0.1, -0.05) is 18.2 Å². The highest BCUT2D eigenvalue weighted by atomic mass is 32.2. The van der Waals surface area contributed by atoms with Crippen molar-refractivity contribution in [3.63, 3.8) is 0 Å². The van der Waals surface area contributed by atoms with E-state index in [2.05, 4.69) is 5.32 Å². The molecule has 5 nitrogen and oxygen atoms in total. The van der Waals surface area contributed by atoms with Crippen molar-refractivity contribution in [2.75, 3.05) is 6.26 Å². The van der Waals surface area contributed by atoms with Gasteiger partial charge in [-0.25, -0.2) is 12.8 Å². The normalized spacial score (nSPS) is 17.7. The number of hydrogen-bond donors (Lipinski definition) is 1. The maximum Gasteiger partial charge on any atom is 0.416 e. The number of benzene rings is 2. The van der Waals surface area contributed by atoms with E-state index in [4.69, 9.17) is 4.74 Å². The van der Waals surface area contributed by atoms with E-state index in [1.807, 2.05) is 0 Å². The lowest BCUT2D eigenvalue weighted by molar-refractivity contribution is -0.138. The van der Waals surface area contributed by atoms with Crippen molar-refractivity contribution < 1.29 is 35.5 Å². The summed E-state index contributed by atoms with van der Waals surface area (Å²) < 4.78 is 81.8. The lowest BCUT2D eigenvalue weighted by Gasteiger charge is -2.38. The summed E-state index contributed by atoms with van der Waals surface area (Å²) in [6.45, 7) is 3.46. The molecule has 1 aliphatic heterocycles. The quantitative estimate of drug-likeness (QED) is 0.598. The molecule has 1 amide bonds. The van der Waals surface area contributed by atoms with Crippen LogP contribution in [0.3, 0.4) is 0 Å². The Hall–Kier alpha value is -2.62. The van der Waals surface area contributed by atoms with Crippen molar-refractivity contribution in [3.8, 4) is 5.75 Å². The number of carbonyl (C=O) groups excluding carboxylic acids is 1. The average Bonchev–Trinajstić information content (AvgIpc) is 2.65. The van der Waals surface area contributed by atoms with Gasteiger partial charge >= 0.3 is 6.18 Å². The molecule has 0 unspecified atom stereocenters. The lowest BCUT2D eigenvalue weighted by Crippen LogP contribution is -2.41. The minimum absolute atomic E-state index is 0.0264. The van der Waals surface area contributed by atoms with Crippen molar-refractivity contribution in [2.45, 2.75) is 56.7 Å². The van der Waals surface area contributed by atoms with Crippen LogP contribution in [0, 0.1) is 5.82 Å². The minimum atomic E-state index is -4.51. The number of carbonyl (C=O) groups is 1. The minimum Gasteiger partial charge on any atom is -0.487 e. The summed E-state index contributed by atoms with van der Waals surface area (Å²) >= 11 is 0. The summed E-state index contributed by atoms with van der Waals surface area (Å²) in [6.07, 6.45) is -2.88. The molecule has 10 heteroatoms. The molecule has 0 aromatic heterocycles. The number of alkyl halides is 3. The first-order chi connectivity index (χ1) is 15.1. The molecule has 0 fully saturated rings. The Morgan fingerprint density at radius 2 is 1.88 bits per heavy atom. The zero-order valence-corrected chi connectivity index (χ0v) is 19.2. The predicted octanol–water partition coefficient (Wildman–Crippen LogP) is 4.74. The molecular formula is C23H25F4NO4S. The molecule has 1 atom stereocenters. The number of hydrogen-bond acceptors (Lipinski definition) is 4. The summed E-state index contributed by atoms with van der Waals surface area (Å²) in [4.78, 5) is 12.6. The second-order valence-electron chi connectivity index (χ2n) is 8.93. The van der Waals surface area contributed by atoms with Crippen LogP contribution in [0.2, 0.25) is 0 Å². The van der Waals surface area contributed by atoms with E-state index >= 15 is 0 Å². The largest absolute Gasteiger partial charge is 0.487 e. The van der Waals surface area contributed by atoms with E-state index in [1.54, 1.807) is 19.9 Å². The van der Waals surface area contributed by atoms with Gasteiger partial charge in [-0.2, -0.15) is 13.2 Å². The number of halogens is 4. The molecule has 180 valence electrons. The molecule has 0 radical (unpaired) electrons. The third-order valence-electron chi connectivity index (χ3n) is 5.31. The van der Waals surface area contributed by atoms with E-state index in [0.29, 0.717) is 17.5 Å². The first-order valence-electron chi connectivity index (χ1n) is 10.3. The van der Waals surface area contributed by atoms with Gasteiger partial charge in [0.2, 0.25) is 5.91 Å². The fourth-order valence-electron chi connectivity index (χ4n) is 3.83. The number of rotatable bonds is 6. The molecule has 1 heterocycles. The molecule has 0 aliphatic carbocycles. The van der Waals surface area contributed by atoms with Crippen LogP contribution in [0.5, 0.6) is 5.75 Å². The van der Waals surface area contributed by atoms with Crippen LogP contribution in [0.25, 0.3) is 0 Å². The summed E-state index contributed by atoms with van der Waals surface area (Å²) in [7, 11) is -3.38. The number of amides is 1. The van der Waals surface area contributed by atoms with Gasteiger partial charge in [0.05, 0.1) is 17.4 Å². The van der Waals surface area contributed by atoms with Crippen LogP contribution in [0.4, 0.5) is 17.6 Å². The summed E-state index contributed by atoms with van der Waals surface area (Å²) in [5, 5.41) is 2.84. The van der Waals surface area contributed by atoms with Crippen LogP contribution in [0.15, 0.2) is 36.4 Å². The number of ether oxygens (including phenoxy) is 1. The van der Waals surface area contributed by atoms with E-state index in [9.17, 15) is 30.8 Å². The van der Waals surface area contributed by atoms with Crippen molar-refractivity contribution in [1.29, 1.82) is 0 Å². The Morgan fingerprint density at radius 3 is 2.48 bits per heavy atom. The highest BCUT2D eigenvalue weighted by molar-refractivity contribution is 7.89. The van der Waals surface area contributed by atoms with Gasteiger partial charge in [0, 0.05) is 30.2 Å². The molecular weight excluding hydrogens is 462 g/mol. The van der Waals surface area contributed by atoms with Crippen molar-refractivity contribution >= 4 is 15.7 Å². The maximum absolute atomic E-state index is 14.2. The van der Waals surface area contributed by atoms with Crippen molar-refractivity contribution in [1.82, 2.24) is 5.32 Å². The fourth-order valence-corrected chi connectivity index (χ4v) is 4.63. The van der Waals surface area contributed by atoms with Gasteiger partial charge < -0.3 is 10.1 Å². The standard InChI is InChI=1S/C23H25F4NO4S/c1-22(2)12-19(17-8-7-16(23(25,26)27)11-20(17)32-22)28-21(29)9-5-14-4-6-15(18(24)10-14)13-33(3,30)31/h4,6-8,10-11,19H,5,9,12-13H2,1-3H3,(H,28,29)/t19-/m1/s1. The third kappa shape index (κ3) is 6.69. The topological polar surface area (TPSA) is 72.5 Å². The third-order valence-corrected chi connectivity index (χ3v) is 6.14. The van der Waals surface area contributed by atoms with Crippen LogP contribution in [-0.4, -0.2) is 26.2 Å². The fraction of sp³-hybridized carbons (Fsp3) is 0.435. The molecule has 0 spiro atoms. The van der Waals surface area contributed by atoms with Gasteiger partial charge in [-0.3, -0.25) is 4.79 Å². The highest BCUT2D eigenvalue weighted by Gasteiger charge is 2.37. The Labute approximate surface area is 190 Å². The Morgan fingerprint density at radius 1 is 1.18 bits per heavy atom. The van der Waals surface area contributed by atoms with E-state index in [1.165, 1.54) is 18.2 Å². The summed E-state index contributed by atoms with van der Waals surface area (Å²) in [6, 6.07) is 6.85. The molecule has 3 rings (SSSR count). The van der Waals surface area contributed by atoms with Gasteiger partial charge in [-0.15, -0.1) is 0 Å². The van der Waals surface area contributed by atoms with Crippen molar-refractivity contribution in [3.05, 3.63) is 64.5 Å². The number of aryl methyl sites for hydroxylation is 1. The molecule has 1 N–H and O–H groups in total.